The Balaban J connectivity index is 1.52. The highest BCUT2D eigenvalue weighted by molar-refractivity contribution is 7.10. The van der Waals surface area contributed by atoms with Crippen LogP contribution in [-0.2, 0) is 0 Å². The third-order valence-electron chi connectivity index (χ3n) is 5.55. The number of hydrogen-bond donors (Lipinski definition) is 1. The van der Waals surface area contributed by atoms with Crippen LogP contribution in [0.3, 0.4) is 0 Å². The molecular weight excluding hydrogens is 368 g/mol. The van der Waals surface area contributed by atoms with Crippen LogP contribution in [0.15, 0.2) is 60.1 Å². The van der Waals surface area contributed by atoms with E-state index < -0.39 is 6.10 Å². The van der Waals surface area contributed by atoms with Crippen molar-refractivity contribution < 1.29 is 9.90 Å². The van der Waals surface area contributed by atoms with E-state index in [1.807, 2.05) is 65.7 Å². The number of hydrogen-bond acceptors (Lipinski definition) is 4. The Bertz CT molecular complexity index is 933. The van der Waals surface area contributed by atoms with Gasteiger partial charge in [0.15, 0.2) is 0 Å². The van der Waals surface area contributed by atoms with Crippen LogP contribution in [0, 0.1) is 12.8 Å². The summed E-state index contributed by atoms with van der Waals surface area (Å²) in [4.78, 5) is 20.6. The van der Waals surface area contributed by atoms with Crippen LogP contribution in [0.2, 0.25) is 0 Å². The van der Waals surface area contributed by atoms with Crippen LogP contribution in [0.25, 0.3) is 11.1 Å². The SMILES string of the molecule is Cc1nccc(-c2ccccc2)c1C(=O)N1CCC(C(O)c2cccs2)CC1. The van der Waals surface area contributed by atoms with Gasteiger partial charge in [0.1, 0.15) is 0 Å². The molecule has 1 aliphatic heterocycles. The molecule has 0 radical (unpaired) electrons. The third kappa shape index (κ3) is 3.73. The van der Waals surface area contributed by atoms with Crippen LogP contribution in [0.1, 0.15) is 39.9 Å². The number of nitrogens with zero attached hydrogens (tertiary/aromatic N) is 2. The largest absolute Gasteiger partial charge is 0.387 e. The van der Waals surface area contributed by atoms with Crippen molar-refractivity contribution in [2.45, 2.75) is 25.9 Å². The number of rotatable bonds is 4. The molecule has 1 atom stereocenters. The lowest BCUT2D eigenvalue weighted by Gasteiger charge is -2.34. The van der Waals surface area contributed by atoms with Gasteiger partial charge >= 0.3 is 0 Å². The number of aliphatic hydroxyl groups is 1. The van der Waals surface area contributed by atoms with E-state index in [0.717, 1.165) is 34.5 Å². The lowest BCUT2D eigenvalue weighted by molar-refractivity contribution is 0.0473. The van der Waals surface area contributed by atoms with Gasteiger partial charge in [-0.05, 0) is 54.3 Å². The predicted octanol–water partition coefficient (Wildman–Crippen LogP) is 4.70. The summed E-state index contributed by atoms with van der Waals surface area (Å²) < 4.78 is 0. The molecule has 3 heterocycles. The van der Waals surface area contributed by atoms with Gasteiger partial charge in [-0.1, -0.05) is 36.4 Å². The first-order valence-corrected chi connectivity index (χ1v) is 10.5. The van der Waals surface area contributed by atoms with Gasteiger partial charge in [-0.25, -0.2) is 0 Å². The molecule has 3 aromatic rings. The summed E-state index contributed by atoms with van der Waals surface area (Å²) in [5.74, 6) is 0.236. The Hall–Kier alpha value is -2.50. The second-order valence-electron chi connectivity index (χ2n) is 7.27. The number of thiophene rings is 1. The van der Waals surface area contributed by atoms with E-state index in [-0.39, 0.29) is 11.8 Å². The normalized spacial score (nSPS) is 16.1. The molecule has 0 saturated carbocycles. The second kappa shape index (κ2) is 8.25. The fourth-order valence-electron chi connectivity index (χ4n) is 3.96. The van der Waals surface area contributed by atoms with Crippen molar-refractivity contribution in [1.29, 1.82) is 0 Å². The summed E-state index contributed by atoms with van der Waals surface area (Å²) in [5.41, 5.74) is 3.40. The summed E-state index contributed by atoms with van der Waals surface area (Å²) in [7, 11) is 0. The minimum absolute atomic E-state index is 0.0357. The zero-order chi connectivity index (χ0) is 19.5. The van der Waals surface area contributed by atoms with Crippen molar-refractivity contribution in [1.82, 2.24) is 9.88 Å². The van der Waals surface area contributed by atoms with Crippen LogP contribution < -0.4 is 0 Å². The summed E-state index contributed by atoms with van der Waals surface area (Å²) in [6.45, 7) is 3.22. The first-order valence-electron chi connectivity index (χ1n) is 9.67. The number of aryl methyl sites for hydroxylation is 1. The van der Waals surface area contributed by atoms with Gasteiger partial charge in [-0.2, -0.15) is 0 Å². The zero-order valence-electron chi connectivity index (χ0n) is 15.9. The Kier molecular flexibility index (Phi) is 5.55. The molecule has 1 amide bonds. The van der Waals surface area contributed by atoms with E-state index >= 15 is 0 Å². The highest BCUT2D eigenvalue weighted by Crippen LogP contribution is 2.34. The molecule has 1 saturated heterocycles. The molecule has 0 aliphatic carbocycles. The molecule has 2 aromatic heterocycles. The molecular formula is C23H24N2O2S. The highest BCUT2D eigenvalue weighted by atomic mass is 32.1. The molecule has 1 aromatic carbocycles. The molecule has 5 heteroatoms. The zero-order valence-corrected chi connectivity index (χ0v) is 16.7. The van der Waals surface area contributed by atoms with Crippen LogP contribution in [0.4, 0.5) is 0 Å². The maximum atomic E-state index is 13.3. The lowest BCUT2D eigenvalue weighted by atomic mass is 9.89. The van der Waals surface area contributed by atoms with Crippen molar-refractivity contribution in [3.05, 3.63) is 76.2 Å². The van der Waals surface area contributed by atoms with Gasteiger partial charge in [-0.15, -0.1) is 11.3 Å². The standard InChI is InChI=1S/C23H24N2O2S/c1-16-21(19(9-12-24-16)17-6-3-2-4-7-17)23(27)25-13-10-18(11-14-25)22(26)20-8-5-15-28-20/h2-9,12,15,18,22,26H,10-11,13-14H2,1H3. The Morgan fingerprint density at radius 2 is 1.89 bits per heavy atom. The summed E-state index contributed by atoms with van der Waals surface area (Å²) in [6.07, 6.45) is 2.95. The smallest absolute Gasteiger partial charge is 0.256 e. The summed E-state index contributed by atoms with van der Waals surface area (Å²) in [5, 5.41) is 12.6. The number of carbonyl (C=O) groups is 1. The molecule has 144 valence electrons. The van der Waals surface area contributed by atoms with Gasteiger partial charge < -0.3 is 10.0 Å². The van der Waals surface area contributed by atoms with Crippen molar-refractivity contribution in [3.8, 4) is 11.1 Å². The minimum atomic E-state index is -0.433. The second-order valence-corrected chi connectivity index (χ2v) is 8.25. The van der Waals surface area contributed by atoms with E-state index in [0.29, 0.717) is 18.7 Å². The van der Waals surface area contributed by atoms with Gasteiger partial charge in [0.25, 0.3) is 5.91 Å². The van der Waals surface area contributed by atoms with Crippen molar-refractivity contribution in [3.63, 3.8) is 0 Å². The van der Waals surface area contributed by atoms with E-state index in [1.54, 1.807) is 17.5 Å². The molecule has 1 unspecified atom stereocenters. The van der Waals surface area contributed by atoms with Gasteiger partial charge in [-0.3, -0.25) is 9.78 Å². The number of aliphatic hydroxyl groups excluding tert-OH is 1. The molecule has 1 fully saturated rings. The Morgan fingerprint density at radius 3 is 2.57 bits per heavy atom. The molecule has 1 aliphatic rings. The lowest BCUT2D eigenvalue weighted by Crippen LogP contribution is -2.40. The summed E-state index contributed by atoms with van der Waals surface area (Å²) in [6, 6.07) is 15.9. The third-order valence-corrected chi connectivity index (χ3v) is 6.49. The molecule has 1 N–H and O–H groups in total. The molecule has 4 nitrogen and oxygen atoms in total. The van der Waals surface area contributed by atoms with Crippen molar-refractivity contribution >= 4 is 17.2 Å². The van der Waals surface area contributed by atoms with Gasteiger partial charge in [0, 0.05) is 24.2 Å². The molecule has 4 rings (SSSR count). The van der Waals surface area contributed by atoms with E-state index in [2.05, 4.69) is 4.98 Å². The average Bonchev–Trinajstić information content (AvgIpc) is 3.28. The first-order chi connectivity index (χ1) is 13.6. The van der Waals surface area contributed by atoms with Crippen LogP contribution >= 0.6 is 11.3 Å². The number of piperidine rings is 1. The van der Waals surface area contributed by atoms with Crippen molar-refractivity contribution in [2.24, 2.45) is 5.92 Å². The van der Waals surface area contributed by atoms with Crippen molar-refractivity contribution in [2.75, 3.05) is 13.1 Å². The fourth-order valence-corrected chi connectivity index (χ4v) is 4.77. The number of benzene rings is 1. The quantitative estimate of drug-likeness (QED) is 0.700. The number of amides is 1. The maximum Gasteiger partial charge on any atom is 0.256 e. The van der Waals surface area contributed by atoms with Gasteiger partial charge in [0.05, 0.1) is 17.4 Å². The molecule has 28 heavy (non-hydrogen) atoms. The minimum Gasteiger partial charge on any atom is -0.387 e. The van der Waals surface area contributed by atoms with Gasteiger partial charge in [0.2, 0.25) is 0 Å². The number of aromatic nitrogens is 1. The monoisotopic (exact) mass is 392 g/mol. The van der Waals surface area contributed by atoms with Crippen LogP contribution in [-0.4, -0.2) is 34.0 Å². The number of likely N-dealkylation sites (tertiary alicyclic amines) is 1. The van der Waals surface area contributed by atoms with Crippen LogP contribution in [0.5, 0.6) is 0 Å². The van der Waals surface area contributed by atoms with E-state index in [9.17, 15) is 9.90 Å². The maximum absolute atomic E-state index is 13.3. The Morgan fingerprint density at radius 1 is 1.14 bits per heavy atom. The fraction of sp³-hybridized carbons (Fsp3) is 0.304. The molecule has 0 spiro atoms. The average molecular weight is 393 g/mol. The Labute approximate surface area is 169 Å². The van der Waals surface area contributed by atoms with E-state index in [1.165, 1.54) is 0 Å². The topological polar surface area (TPSA) is 53.4 Å². The number of pyridine rings is 1. The first kappa shape index (κ1) is 18.8. The number of carbonyl (C=O) groups excluding carboxylic acids is 1. The molecule has 0 bridgehead atoms. The van der Waals surface area contributed by atoms with E-state index in [4.69, 9.17) is 0 Å². The predicted molar refractivity (Wildman–Crippen MR) is 112 cm³/mol. The summed E-state index contributed by atoms with van der Waals surface area (Å²) >= 11 is 1.59. The highest BCUT2D eigenvalue weighted by Gasteiger charge is 2.30.